The molecule has 2 bridgehead atoms. The molecule has 0 radical (unpaired) electrons. The van der Waals surface area contributed by atoms with Gasteiger partial charge in [0, 0.05) is 14.2 Å². The molecule has 0 fully saturated rings. The summed E-state index contributed by atoms with van der Waals surface area (Å²) in [5.74, 6) is 0.922. The Labute approximate surface area is 101 Å². The number of carbonyl (C=O) groups is 1. The Bertz CT molecular complexity index is 364. The molecular formula is C12H17NO4. The van der Waals surface area contributed by atoms with E-state index in [0.29, 0.717) is 0 Å². The van der Waals surface area contributed by atoms with Crippen molar-refractivity contribution in [3.8, 4) is 5.75 Å². The second-order valence-corrected chi connectivity index (χ2v) is 3.40. The lowest BCUT2D eigenvalue weighted by atomic mass is 9.89. The third-order valence-electron chi connectivity index (χ3n) is 2.42. The Morgan fingerprint density at radius 3 is 2.06 bits per heavy atom. The molecule has 2 aliphatic rings. The third kappa shape index (κ3) is 3.10. The Hall–Kier alpha value is -1.75. The lowest BCUT2D eigenvalue weighted by Gasteiger charge is -2.26. The fraction of sp³-hybridized carbons (Fsp3) is 0.417. The van der Waals surface area contributed by atoms with Crippen LogP contribution in [0.4, 0.5) is 4.79 Å². The highest BCUT2D eigenvalue weighted by molar-refractivity contribution is 5.66. The molecule has 0 aromatic heterocycles. The molecule has 1 amide bonds. The van der Waals surface area contributed by atoms with Crippen LogP contribution in [0.3, 0.4) is 0 Å². The van der Waals surface area contributed by atoms with E-state index in [4.69, 9.17) is 9.47 Å². The number of benzene rings is 1. The van der Waals surface area contributed by atoms with Crippen molar-refractivity contribution in [2.24, 2.45) is 0 Å². The fourth-order valence-corrected chi connectivity index (χ4v) is 1.54. The molecule has 0 saturated carbocycles. The van der Waals surface area contributed by atoms with Crippen molar-refractivity contribution in [3.63, 3.8) is 0 Å². The summed E-state index contributed by atoms with van der Waals surface area (Å²) < 4.78 is 14.4. The zero-order valence-corrected chi connectivity index (χ0v) is 10.4. The highest BCUT2D eigenvalue weighted by Gasteiger charge is 2.24. The molecule has 0 aliphatic heterocycles. The number of amides is 1. The van der Waals surface area contributed by atoms with Crippen LogP contribution in [0.25, 0.3) is 0 Å². The number of alkyl carbamates (subject to hydrolysis) is 1. The zero-order valence-electron chi connectivity index (χ0n) is 10.4. The number of nitrogens with one attached hydrogen (secondary N) is 1. The van der Waals surface area contributed by atoms with Crippen molar-refractivity contribution in [1.82, 2.24) is 5.32 Å². The fourth-order valence-electron chi connectivity index (χ4n) is 1.54. The standard InChI is InChI=1S/C9H10O2.C3H7NO2/c1-10-8-4-6-3-7(5-8)9(6)11-2;1-4-3(5)6-2/h3-5,9H,1-2H3;1-2H3,(H,4,5). The van der Waals surface area contributed by atoms with Crippen LogP contribution in [0.15, 0.2) is 18.2 Å². The van der Waals surface area contributed by atoms with Crippen molar-refractivity contribution in [2.75, 3.05) is 28.4 Å². The normalized spacial score (nSPS) is 11.8. The Balaban J connectivity index is 0.000000209. The zero-order chi connectivity index (χ0) is 12.8. The van der Waals surface area contributed by atoms with E-state index >= 15 is 0 Å². The van der Waals surface area contributed by atoms with E-state index in [2.05, 4.69) is 16.1 Å². The molecular weight excluding hydrogens is 222 g/mol. The number of rotatable bonds is 2. The van der Waals surface area contributed by atoms with E-state index in [1.807, 2.05) is 12.1 Å². The Morgan fingerprint density at radius 1 is 1.18 bits per heavy atom. The summed E-state index contributed by atoms with van der Waals surface area (Å²) in [4.78, 5) is 9.85. The average Bonchev–Trinajstić information content (AvgIpc) is 2.39. The van der Waals surface area contributed by atoms with E-state index < -0.39 is 6.09 Å². The minimum Gasteiger partial charge on any atom is -0.497 e. The van der Waals surface area contributed by atoms with E-state index in [0.717, 1.165) is 5.75 Å². The molecule has 2 aliphatic carbocycles. The Kier molecular flexibility index (Phi) is 4.78. The van der Waals surface area contributed by atoms with Gasteiger partial charge in [-0.3, -0.25) is 0 Å². The molecule has 1 aromatic carbocycles. The lowest BCUT2D eigenvalue weighted by Crippen LogP contribution is -2.16. The molecule has 1 aromatic rings. The van der Waals surface area contributed by atoms with Crippen LogP contribution in [0.1, 0.15) is 17.2 Å². The number of ether oxygens (including phenoxy) is 3. The molecule has 0 spiro atoms. The van der Waals surface area contributed by atoms with Gasteiger partial charge >= 0.3 is 6.09 Å². The molecule has 5 nitrogen and oxygen atoms in total. The van der Waals surface area contributed by atoms with Crippen molar-refractivity contribution in [1.29, 1.82) is 0 Å². The van der Waals surface area contributed by atoms with Gasteiger partial charge in [0.25, 0.3) is 0 Å². The van der Waals surface area contributed by atoms with Crippen LogP contribution in [0.5, 0.6) is 5.75 Å². The van der Waals surface area contributed by atoms with Gasteiger partial charge in [-0.05, 0) is 29.3 Å². The number of fused-ring (bicyclic) bond motifs is 2. The highest BCUT2D eigenvalue weighted by Crippen LogP contribution is 2.39. The largest absolute Gasteiger partial charge is 0.497 e. The summed E-state index contributed by atoms with van der Waals surface area (Å²) in [6, 6.07) is 6.11. The molecule has 0 saturated heterocycles. The first-order valence-electron chi connectivity index (χ1n) is 5.13. The predicted octanol–water partition coefficient (Wildman–Crippen LogP) is 1.72. The molecule has 0 unspecified atom stereocenters. The summed E-state index contributed by atoms with van der Waals surface area (Å²) in [6.45, 7) is 0. The molecule has 94 valence electrons. The maximum Gasteiger partial charge on any atom is 0.406 e. The van der Waals surface area contributed by atoms with Crippen LogP contribution < -0.4 is 10.1 Å². The van der Waals surface area contributed by atoms with E-state index in [-0.39, 0.29) is 6.10 Å². The average molecular weight is 239 g/mol. The first-order chi connectivity index (χ1) is 8.15. The number of hydrogen-bond acceptors (Lipinski definition) is 4. The Morgan fingerprint density at radius 2 is 1.76 bits per heavy atom. The van der Waals surface area contributed by atoms with Gasteiger partial charge in [0.15, 0.2) is 0 Å². The highest BCUT2D eigenvalue weighted by atomic mass is 16.5. The van der Waals surface area contributed by atoms with Crippen LogP contribution in [0.2, 0.25) is 0 Å². The summed E-state index contributed by atoms with van der Waals surface area (Å²) in [5.41, 5.74) is 2.42. The predicted molar refractivity (Wildman–Crippen MR) is 63.3 cm³/mol. The van der Waals surface area contributed by atoms with Crippen molar-refractivity contribution < 1.29 is 19.0 Å². The second kappa shape index (κ2) is 6.10. The molecule has 1 N–H and O–H groups in total. The summed E-state index contributed by atoms with van der Waals surface area (Å²) in [7, 11) is 6.22. The van der Waals surface area contributed by atoms with Gasteiger partial charge in [-0.2, -0.15) is 0 Å². The van der Waals surface area contributed by atoms with Gasteiger partial charge in [-0.1, -0.05) is 0 Å². The van der Waals surface area contributed by atoms with Crippen molar-refractivity contribution >= 4 is 6.09 Å². The topological polar surface area (TPSA) is 56.8 Å². The maximum absolute atomic E-state index is 9.85. The van der Waals surface area contributed by atoms with Gasteiger partial charge in [0.05, 0.1) is 14.2 Å². The summed E-state index contributed by atoms with van der Waals surface area (Å²) >= 11 is 0. The summed E-state index contributed by atoms with van der Waals surface area (Å²) in [6.07, 6.45) is -0.205. The van der Waals surface area contributed by atoms with E-state index in [1.165, 1.54) is 25.3 Å². The van der Waals surface area contributed by atoms with Crippen LogP contribution in [-0.4, -0.2) is 34.5 Å². The second-order valence-electron chi connectivity index (χ2n) is 3.40. The van der Waals surface area contributed by atoms with Crippen LogP contribution in [-0.2, 0) is 9.47 Å². The minimum atomic E-state index is -0.407. The van der Waals surface area contributed by atoms with Gasteiger partial charge in [0.2, 0.25) is 0 Å². The van der Waals surface area contributed by atoms with Gasteiger partial charge in [-0.25, -0.2) is 4.79 Å². The first-order valence-corrected chi connectivity index (χ1v) is 5.13. The van der Waals surface area contributed by atoms with Crippen molar-refractivity contribution in [2.45, 2.75) is 6.10 Å². The number of carbonyl (C=O) groups excluding carboxylic acids is 1. The molecule has 5 heteroatoms. The SMILES string of the molecule is CNC(=O)OC.COc1cc2cc(c1)C2OC. The van der Waals surface area contributed by atoms with Gasteiger partial charge in [0.1, 0.15) is 11.9 Å². The van der Waals surface area contributed by atoms with E-state index in [9.17, 15) is 4.79 Å². The third-order valence-corrected chi connectivity index (χ3v) is 2.42. The minimum absolute atomic E-state index is 0.203. The molecule has 0 heterocycles. The molecule has 17 heavy (non-hydrogen) atoms. The first kappa shape index (κ1) is 13.3. The van der Waals surface area contributed by atoms with Gasteiger partial charge < -0.3 is 19.5 Å². The molecule has 3 rings (SSSR count). The lowest BCUT2D eigenvalue weighted by molar-refractivity contribution is 0.125. The van der Waals surface area contributed by atoms with E-state index in [1.54, 1.807) is 14.2 Å². The van der Waals surface area contributed by atoms with Gasteiger partial charge in [-0.15, -0.1) is 0 Å². The van der Waals surface area contributed by atoms with Crippen molar-refractivity contribution in [3.05, 3.63) is 29.3 Å². The number of methoxy groups -OCH3 is 3. The molecule has 0 atom stereocenters. The quantitative estimate of drug-likeness (QED) is 0.853. The number of hydrogen-bond donors (Lipinski definition) is 1. The van der Waals surface area contributed by atoms with Crippen LogP contribution >= 0.6 is 0 Å². The monoisotopic (exact) mass is 239 g/mol. The maximum atomic E-state index is 9.85. The smallest absolute Gasteiger partial charge is 0.406 e. The summed E-state index contributed by atoms with van der Waals surface area (Å²) in [5, 5.41) is 2.25. The van der Waals surface area contributed by atoms with Crippen LogP contribution in [0, 0.1) is 0 Å².